The topological polar surface area (TPSA) is 24.7 Å². The minimum absolute atomic E-state index is 0.176. The van der Waals surface area contributed by atoms with Crippen LogP contribution in [0.5, 0.6) is 0 Å². The van der Waals surface area contributed by atoms with Gasteiger partial charge in [0.15, 0.2) is 0 Å². The van der Waals surface area contributed by atoms with Gasteiger partial charge in [-0.2, -0.15) is 10.2 Å². The highest BCUT2D eigenvalue weighted by Crippen LogP contribution is 2.27. The van der Waals surface area contributed by atoms with Crippen LogP contribution in [-0.4, -0.2) is 11.4 Å². The van der Waals surface area contributed by atoms with Crippen molar-refractivity contribution in [1.29, 1.82) is 0 Å². The quantitative estimate of drug-likeness (QED) is 0.441. The molecule has 0 aliphatic carbocycles. The maximum Gasteiger partial charge on any atom is 0.0763 e. The van der Waals surface area contributed by atoms with Crippen molar-refractivity contribution in [2.45, 2.75) is 52.4 Å². The van der Waals surface area contributed by atoms with Crippen LogP contribution < -0.4 is 0 Å². The third kappa shape index (κ3) is 4.28. The average Bonchev–Trinajstić information content (AvgIpc) is 3.24. The summed E-state index contributed by atoms with van der Waals surface area (Å²) in [5, 5.41) is 8.92. The zero-order valence-electron chi connectivity index (χ0n) is 18.6. The molecule has 0 N–H and O–H groups in total. The maximum absolute atomic E-state index is 4.47. The lowest BCUT2D eigenvalue weighted by molar-refractivity contribution is 0.590. The third-order valence-electron chi connectivity index (χ3n) is 5.84. The smallest absolute Gasteiger partial charge is 0.0763 e. The van der Waals surface area contributed by atoms with Gasteiger partial charge in [-0.3, -0.25) is 0 Å². The van der Waals surface area contributed by atoms with E-state index in [0.717, 1.165) is 29.0 Å². The summed E-state index contributed by atoms with van der Waals surface area (Å²) >= 11 is 0. The summed E-state index contributed by atoms with van der Waals surface area (Å²) in [7, 11) is 0. The van der Waals surface area contributed by atoms with Crippen molar-refractivity contribution in [2.24, 2.45) is 10.2 Å². The molecular weight excluding hydrogens is 364 g/mol. The van der Waals surface area contributed by atoms with Crippen molar-refractivity contribution in [1.82, 2.24) is 0 Å². The fourth-order valence-electron chi connectivity index (χ4n) is 3.75. The second-order valence-corrected chi connectivity index (χ2v) is 9.45. The van der Waals surface area contributed by atoms with Gasteiger partial charge < -0.3 is 0 Å². The van der Waals surface area contributed by atoms with Crippen molar-refractivity contribution >= 4 is 11.4 Å². The van der Waals surface area contributed by atoms with Gasteiger partial charge in [0.05, 0.1) is 11.4 Å². The lowest BCUT2D eigenvalue weighted by Gasteiger charge is -2.19. The summed E-state index contributed by atoms with van der Waals surface area (Å²) in [5.74, 6) is 0.541. The molecule has 1 heterocycles. The van der Waals surface area contributed by atoms with Gasteiger partial charge in [0.2, 0.25) is 0 Å². The van der Waals surface area contributed by atoms with Crippen LogP contribution >= 0.6 is 0 Å². The van der Waals surface area contributed by atoms with Gasteiger partial charge in [0, 0.05) is 6.42 Å². The molecular formula is C28H30N2. The highest BCUT2D eigenvalue weighted by molar-refractivity contribution is 6.20. The normalized spacial score (nSPS) is 14.1. The van der Waals surface area contributed by atoms with E-state index in [2.05, 4.69) is 118 Å². The molecule has 0 saturated heterocycles. The van der Waals surface area contributed by atoms with E-state index in [9.17, 15) is 0 Å². The highest BCUT2D eigenvalue weighted by Gasteiger charge is 2.17. The van der Waals surface area contributed by atoms with Crippen LogP contribution in [0.15, 0.2) is 83.0 Å². The van der Waals surface area contributed by atoms with Gasteiger partial charge in [0.1, 0.15) is 0 Å². The molecule has 152 valence electrons. The summed E-state index contributed by atoms with van der Waals surface area (Å²) in [4.78, 5) is 0. The molecule has 0 unspecified atom stereocenters. The van der Waals surface area contributed by atoms with Crippen molar-refractivity contribution in [2.75, 3.05) is 0 Å². The van der Waals surface area contributed by atoms with Gasteiger partial charge >= 0.3 is 0 Å². The zero-order chi connectivity index (χ0) is 21.3. The van der Waals surface area contributed by atoms with Crippen LogP contribution in [0.4, 0.5) is 0 Å². The van der Waals surface area contributed by atoms with Crippen LogP contribution in [0.2, 0.25) is 0 Å². The van der Waals surface area contributed by atoms with Crippen molar-refractivity contribution in [3.8, 4) is 11.1 Å². The molecule has 0 saturated carbocycles. The van der Waals surface area contributed by atoms with E-state index < -0.39 is 0 Å². The van der Waals surface area contributed by atoms with Crippen molar-refractivity contribution in [3.05, 3.63) is 95.1 Å². The van der Waals surface area contributed by atoms with Crippen LogP contribution in [0, 0.1) is 0 Å². The summed E-state index contributed by atoms with van der Waals surface area (Å²) in [6, 6.07) is 26.3. The summed E-state index contributed by atoms with van der Waals surface area (Å²) in [5.41, 5.74) is 9.73. The average molecular weight is 395 g/mol. The molecule has 1 aliphatic heterocycles. The van der Waals surface area contributed by atoms with Gasteiger partial charge in [-0.1, -0.05) is 107 Å². The molecule has 0 fully saturated rings. The molecule has 30 heavy (non-hydrogen) atoms. The fourth-order valence-corrected chi connectivity index (χ4v) is 3.75. The van der Waals surface area contributed by atoms with Crippen LogP contribution in [0.1, 0.15) is 69.2 Å². The Balaban J connectivity index is 1.45. The first-order valence-electron chi connectivity index (χ1n) is 10.8. The summed E-state index contributed by atoms with van der Waals surface area (Å²) in [6.07, 6.45) is 0.778. The van der Waals surface area contributed by atoms with E-state index in [0.29, 0.717) is 5.92 Å². The van der Waals surface area contributed by atoms with Gasteiger partial charge in [-0.15, -0.1) is 0 Å². The fraction of sp³-hybridized carbons (Fsp3) is 0.286. The number of benzene rings is 3. The Hall–Kier alpha value is -3.00. The first-order chi connectivity index (χ1) is 14.3. The molecule has 0 spiro atoms. The molecule has 0 aromatic heterocycles. The lowest BCUT2D eigenvalue weighted by Crippen LogP contribution is -2.10. The van der Waals surface area contributed by atoms with E-state index in [4.69, 9.17) is 0 Å². The minimum atomic E-state index is 0.176. The summed E-state index contributed by atoms with van der Waals surface area (Å²) < 4.78 is 0. The molecule has 2 heteroatoms. The Morgan fingerprint density at radius 3 is 1.43 bits per heavy atom. The van der Waals surface area contributed by atoms with E-state index in [1.165, 1.54) is 22.3 Å². The zero-order valence-corrected chi connectivity index (χ0v) is 18.6. The summed E-state index contributed by atoms with van der Waals surface area (Å²) in [6.45, 7) is 11.2. The lowest BCUT2D eigenvalue weighted by atomic mass is 9.86. The number of nitrogens with zero attached hydrogens (tertiary/aromatic N) is 2. The van der Waals surface area contributed by atoms with Crippen LogP contribution in [-0.2, 0) is 5.41 Å². The van der Waals surface area contributed by atoms with Gasteiger partial charge in [-0.25, -0.2) is 0 Å². The molecule has 0 atom stereocenters. The number of rotatable bonds is 4. The Morgan fingerprint density at radius 2 is 1.00 bits per heavy atom. The second kappa shape index (κ2) is 8.02. The molecule has 0 amide bonds. The highest BCUT2D eigenvalue weighted by atomic mass is 15.2. The van der Waals surface area contributed by atoms with Gasteiger partial charge in [-0.05, 0) is 44.7 Å². The Labute approximate surface area is 180 Å². The van der Waals surface area contributed by atoms with E-state index in [-0.39, 0.29) is 5.41 Å². The molecule has 0 radical (unpaired) electrons. The van der Waals surface area contributed by atoms with Crippen LogP contribution in [0.25, 0.3) is 11.1 Å². The molecule has 4 rings (SSSR count). The largest absolute Gasteiger partial charge is 0.154 e. The Bertz CT molecular complexity index is 1080. The molecule has 1 aliphatic rings. The minimum Gasteiger partial charge on any atom is -0.154 e. The third-order valence-corrected chi connectivity index (χ3v) is 5.84. The van der Waals surface area contributed by atoms with Crippen molar-refractivity contribution < 1.29 is 0 Å². The Kier molecular flexibility index (Phi) is 5.42. The first kappa shape index (κ1) is 20.3. The molecule has 3 aromatic rings. The predicted octanol–water partition coefficient (Wildman–Crippen LogP) is 7.37. The SMILES string of the molecule is CC(C)c1ccc(C2=NN=C(c3ccc(-c4ccc(C(C)(C)C)cc4)cc3)C2)cc1. The molecule has 2 nitrogen and oxygen atoms in total. The number of hydrogen-bond acceptors (Lipinski definition) is 2. The first-order valence-corrected chi connectivity index (χ1v) is 10.8. The number of hydrogen-bond donors (Lipinski definition) is 0. The Morgan fingerprint density at radius 1 is 0.600 bits per heavy atom. The predicted molar refractivity (Wildman–Crippen MR) is 129 cm³/mol. The van der Waals surface area contributed by atoms with Crippen LogP contribution in [0.3, 0.4) is 0 Å². The van der Waals surface area contributed by atoms with E-state index in [1.54, 1.807) is 0 Å². The maximum atomic E-state index is 4.47. The molecule has 0 bridgehead atoms. The monoisotopic (exact) mass is 394 g/mol. The second-order valence-electron chi connectivity index (χ2n) is 9.45. The standard InChI is InChI=1S/C28H30N2/c1-19(2)20-6-10-23(11-7-20)26-18-27(30-29-26)24-12-8-21(9-13-24)22-14-16-25(17-15-22)28(3,4)5/h6-17,19H,18H2,1-5H3. The van der Waals surface area contributed by atoms with Crippen molar-refractivity contribution in [3.63, 3.8) is 0 Å². The van der Waals surface area contributed by atoms with E-state index >= 15 is 0 Å². The molecule has 3 aromatic carbocycles. The van der Waals surface area contributed by atoms with E-state index in [1.807, 2.05) is 0 Å². The van der Waals surface area contributed by atoms with Gasteiger partial charge in [0.25, 0.3) is 0 Å².